The third-order valence-electron chi connectivity index (χ3n) is 1.71. The van der Waals surface area contributed by atoms with Crippen LogP contribution in [0.1, 0.15) is 0 Å². The molecule has 0 radical (unpaired) electrons. The second-order valence-corrected chi connectivity index (χ2v) is 3.77. The van der Waals surface area contributed by atoms with Gasteiger partial charge in [-0.05, 0) is 18.3 Å². The van der Waals surface area contributed by atoms with Gasteiger partial charge >= 0.3 is 0 Å². The molecule has 0 aromatic carbocycles. The molecule has 0 aliphatic carbocycles. The van der Waals surface area contributed by atoms with Gasteiger partial charge in [0.1, 0.15) is 5.82 Å². The van der Waals surface area contributed by atoms with Crippen molar-refractivity contribution in [3.8, 4) is 0 Å². The Bertz CT molecular complexity index is 322. The quantitative estimate of drug-likeness (QED) is 0.645. The molecule has 6 heteroatoms. The number of nitrogens with one attached hydrogen (secondary N) is 1. The molecule has 0 spiro atoms. The van der Waals surface area contributed by atoms with Crippen LogP contribution in [0.15, 0.2) is 12.3 Å². The minimum Gasteiger partial charge on any atom is -0.356 e. The molecule has 0 aliphatic rings. The summed E-state index contributed by atoms with van der Waals surface area (Å²) in [6.45, 7) is 1.48. The van der Waals surface area contributed by atoms with Crippen LogP contribution < -0.4 is 4.90 Å². The monoisotopic (exact) mass is 251 g/mol. The van der Waals surface area contributed by atoms with Crippen molar-refractivity contribution in [1.82, 2.24) is 9.97 Å². The maximum Gasteiger partial charge on any atom is 0.198 e. The third-order valence-corrected chi connectivity index (χ3v) is 2.25. The first-order chi connectivity index (χ1) is 6.77. The van der Waals surface area contributed by atoms with Crippen LogP contribution in [0, 0.1) is 4.77 Å². The van der Waals surface area contributed by atoms with Crippen molar-refractivity contribution in [2.24, 2.45) is 0 Å². The summed E-state index contributed by atoms with van der Waals surface area (Å²) in [5.41, 5.74) is 0. The summed E-state index contributed by atoms with van der Waals surface area (Å²) in [5, 5.41) is 0. The average molecular weight is 252 g/mol. The zero-order chi connectivity index (χ0) is 10.4. The van der Waals surface area contributed by atoms with Gasteiger partial charge in [-0.15, -0.1) is 23.2 Å². The highest BCUT2D eigenvalue weighted by molar-refractivity contribution is 7.71. The van der Waals surface area contributed by atoms with Crippen molar-refractivity contribution in [2.45, 2.75) is 0 Å². The molecule has 3 nitrogen and oxygen atoms in total. The second kappa shape index (κ2) is 6.22. The zero-order valence-electron chi connectivity index (χ0n) is 7.54. The van der Waals surface area contributed by atoms with Crippen LogP contribution in [-0.4, -0.2) is 34.8 Å². The Labute approximate surface area is 98.1 Å². The molecular formula is C8H11Cl2N3S. The summed E-state index contributed by atoms with van der Waals surface area (Å²) in [6, 6.07) is 1.86. The highest BCUT2D eigenvalue weighted by Gasteiger charge is 2.04. The number of halogens is 2. The Morgan fingerprint density at radius 1 is 1.36 bits per heavy atom. The average Bonchev–Trinajstić information content (AvgIpc) is 2.17. The summed E-state index contributed by atoms with van der Waals surface area (Å²) >= 11 is 16.3. The lowest BCUT2D eigenvalue weighted by molar-refractivity contribution is 0.846. The SMILES string of the molecule is S=c1nccc(N(CCCl)CCCl)[nH]1. The van der Waals surface area contributed by atoms with Crippen LogP contribution >= 0.6 is 35.4 Å². The molecule has 0 amide bonds. The fourth-order valence-corrected chi connectivity index (χ4v) is 1.67. The first kappa shape index (κ1) is 11.8. The van der Waals surface area contributed by atoms with E-state index in [0.29, 0.717) is 16.5 Å². The fourth-order valence-electron chi connectivity index (χ4n) is 1.10. The molecule has 0 atom stereocenters. The van der Waals surface area contributed by atoms with Crippen molar-refractivity contribution in [2.75, 3.05) is 29.7 Å². The van der Waals surface area contributed by atoms with Gasteiger partial charge in [0.2, 0.25) is 0 Å². The van der Waals surface area contributed by atoms with Crippen LogP contribution in [0.2, 0.25) is 0 Å². The van der Waals surface area contributed by atoms with Crippen molar-refractivity contribution in [3.05, 3.63) is 17.0 Å². The molecule has 0 fully saturated rings. The number of hydrogen-bond acceptors (Lipinski definition) is 3. The molecule has 0 bridgehead atoms. The van der Waals surface area contributed by atoms with Gasteiger partial charge in [-0.1, -0.05) is 0 Å². The maximum atomic E-state index is 5.68. The Morgan fingerprint density at radius 3 is 2.50 bits per heavy atom. The van der Waals surface area contributed by atoms with Gasteiger partial charge in [-0.3, -0.25) is 0 Å². The normalized spacial score (nSPS) is 10.1. The number of hydrogen-bond donors (Lipinski definition) is 1. The number of H-pyrrole nitrogens is 1. The number of aromatic amines is 1. The fraction of sp³-hybridized carbons (Fsp3) is 0.500. The summed E-state index contributed by atoms with van der Waals surface area (Å²) in [7, 11) is 0. The minimum atomic E-state index is 0.469. The molecule has 0 unspecified atom stereocenters. The van der Waals surface area contributed by atoms with Crippen molar-refractivity contribution < 1.29 is 0 Å². The Balaban J connectivity index is 2.81. The van der Waals surface area contributed by atoms with Gasteiger partial charge in [0.15, 0.2) is 4.77 Å². The van der Waals surface area contributed by atoms with E-state index in [1.165, 1.54) is 0 Å². The molecule has 1 heterocycles. The highest BCUT2D eigenvalue weighted by Crippen LogP contribution is 2.08. The van der Waals surface area contributed by atoms with Crippen LogP contribution in [-0.2, 0) is 0 Å². The molecular weight excluding hydrogens is 241 g/mol. The molecule has 14 heavy (non-hydrogen) atoms. The molecule has 0 aliphatic heterocycles. The van der Waals surface area contributed by atoms with Gasteiger partial charge < -0.3 is 9.88 Å². The number of anilines is 1. The first-order valence-electron chi connectivity index (χ1n) is 4.20. The van der Waals surface area contributed by atoms with Gasteiger partial charge in [0.05, 0.1) is 0 Å². The maximum absolute atomic E-state index is 5.68. The second-order valence-electron chi connectivity index (χ2n) is 2.63. The third kappa shape index (κ3) is 3.44. The zero-order valence-corrected chi connectivity index (χ0v) is 9.87. The van der Waals surface area contributed by atoms with E-state index >= 15 is 0 Å². The minimum absolute atomic E-state index is 0.469. The molecule has 1 aromatic heterocycles. The standard InChI is InChI=1S/C8H11Cl2N3S/c9-2-5-13(6-3-10)7-1-4-11-8(14)12-7/h1,4H,2-3,5-6H2,(H,11,12,14). The number of rotatable bonds is 5. The van der Waals surface area contributed by atoms with E-state index in [4.69, 9.17) is 35.4 Å². The van der Waals surface area contributed by atoms with E-state index in [0.717, 1.165) is 18.9 Å². The highest BCUT2D eigenvalue weighted by atomic mass is 35.5. The largest absolute Gasteiger partial charge is 0.356 e. The van der Waals surface area contributed by atoms with Crippen molar-refractivity contribution in [1.29, 1.82) is 0 Å². The van der Waals surface area contributed by atoms with E-state index in [-0.39, 0.29) is 0 Å². The Kier molecular flexibility index (Phi) is 5.22. The van der Waals surface area contributed by atoms with Crippen LogP contribution in [0.3, 0.4) is 0 Å². The molecule has 1 N–H and O–H groups in total. The molecule has 0 saturated heterocycles. The summed E-state index contributed by atoms with van der Waals surface area (Å²) < 4.78 is 0.469. The van der Waals surface area contributed by atoms with E-state index in [1.807, 2.05) is 11.0 Å². The van der Waals surface area contributed by atoms with Crippen molar-refractivity contribution in [3.63, 3.8) is 0 Å². The topological polar surface area (TPSA) is 31.9 Å². The lowest BCUT2D eigenvalue weighted by Crippen LogP contribution is -2.28. The summed E-state index contributed by atoms with van der Waals surface area (Å²) in [6.07, 6.45) is 1.67. The predicted molar refractivity (Wildman–Crippen MR) is 63.1 cm³/mol. The molecule has 1 rings (SSSR count). The van der Waals surface area contributed by atoms with Gasteiger partial charge in [-0.2, -0.15) is 0 Å². The molecule has 78 valence electrons. The lowest BCUT2D eigenvalue weighted by Gasteiger charge is -2.21. The summed E-state index contributed by atoms with van der Waals surface area (Å²) in [4.78, 5) is 8.94. The van der Waals surface area contributed by atoms with E-state index in [9.17, 15) is 0 Å². The van der Waals surface area contributed by atoms with E-state index < -0.39 is 0 Å². The number of alkyl halides is 2. The lowest BCUT2D eigenvalue weighted by atomic mass is 10.4. The number of nitrogens with zero attached hydrogens (tertiary/aromatic N) is 2. The van der Waals surface area contributed by atoms with Crippen LogP contribution in [0.5, 0.6) is 0 Å². The van der Waals surface area contributed by atoms with Gasteiger partial charge in [0, 0.05) is 31.0 Å². The summed E-state index contributed by atoms with van der Waals surface area (Å²) in [5.74, 6) is 2.02. The van der Waals surface area contributed by atoms with Gasteiger partial charge in [0.25, 0.3) is 0 Å². The molecule has 0 saturated carbocycles. The van der Waals surface area contributed by atoms with Gasteiger partial charge in [-0.25, -0.2) is 4.98 Å². The predicted octanol–water partition coefficient (Wildman–Crippen LogP) is 2.42. The van der Waals surface area contributed by atoms with Crippen LogP contribution in [0.25, 0.3) is 0 Å². The van der Waals surface area contributed by atoms with E-state index in [1.54, 1.807) is 6.20 Å². The number of aromatic nitrogens is 2. The van der Waals surface area contributed by atoms with Crippen LogP contribution in [0.4, 0.5) is 5.82 Å². The Morgan fingerprint density at radius 2 is 2.00 bits per heavy atom. The smallest absolute Gasteiger partial charge is 0.198 e. The Hall–Kier alpha value is -0.320. The first-order valence-corrected chi connectivity index (χ1v) is 5.68. The van der Waals surface area contributed by atoms with Crippen molar-refractivity contribution >= 4 is 41.2 Å². The van der Waals surface area contributed by atoms with E-state index in [2.05, 4.69) is 9.97 Å². The molecule has 1 aromatic rings.